The summed E-state index contributed by atoms with van der Waals surface area (Å²) >= 11 is 0. The van der Waals surface area contributed by atoms with Gasteiger partial charge in [0.25, 0.3) is 5.91 Å². The van der Waals surface area contributed by atoms with Gasteiger partial charge in [-0.3, -0.25) is 19.8 Å². The fraction of sp³-hybridized carbons (Fsp3) is 0.421. The molecule has 1 atom stereocenters. The number of para-hydroxylation sites is 1. The Kier molecular flexibility index (Phi) is 5.16. The second-order valence-electron chi connectivity index (χ2n) is 6.49. The first-order valence-electron chi connectivity index (χ1n) is 8.76. The van der Waals surface area contributed by atoms with Crippen LogP contribution in [0.4, 0.5) is 10.5 Å². The minimum Gasteiger partial charge on any atom is -0.346 e. The van der Waals surface area contributed by atoms with Crippen molar-refractivity contribution in [3.63, 3.8) is 0 Å². The van der Waals surface area contributed by atoms with Crippen molar-refractivity contribution in [3.05, 3.63) is 41.5 Å². The van der Waals surface area contributed by atoms with Crippen LogP contribution >= 0.6 is 0 Å². The number of carbonyl (C=O) groups is 3. The van der Waals surface area contributed by atoms with Crippen LogP contribution in [0.5, 0.6) is 0 Å². The van der Waals surface area contributed by atoms with Crippen LogP contribution in [0.25, 0.3) is 0 Å². The van der Waals surface area contributed by atoms with Crippen LogP contribution in [0.2, 0.25) is 0 Å². The van der Waals surface area contributed by atoms with Gasteiger partial charge in [-0.2, -0.15) is 0 Å². The number of hydrogen-bond donors (Lipinski definition) is 2. The minimum absolute atomic E-state index is 0.0300. The van der Waals surface area contributed by atoms with E-state index in [0.29, 0.717) is 11.3 Å². The standard InChI is InChI=1S/C19H23N3O3/c1-13(14-7-3-2-4-8-14)20-18(24)15-9-5-6-10-16(15)22-12-11-17(23)21-19(22)25/h5-7,9-10,13H,2-4,8,11-12H2,1H3,(H,20,24)(H,21,23,25). The van der Waals surface area contributed by atoms with Gasteiger partial charge >= 0.3 is 6.03 Å². The van der Waals surface area contributed by atoms with Crippen molar-refractivity contribution in [2.45, 2.75) is 45.1 Å². The van der Waals surface area contributed by atoms with Crippen molar-refractivity contribution >= 4 is 23.5 Å². The topological polar surface area (TPSA) is 78.5 Å². The number of urea groups is 1. The molecule has 6 heteroatoms. The first-order valence-corrected chi connectivity index (χ1v) is 8.76. The van der Waals surface area contributed by atoms with Gasteiger partial charge in [-0.15, -0.1) is 0 Å². The lowest BCUT2D eigenvalue weighted by Crippen LogP contribution is -2.50. The van der Waals surface area contributed by atoms with Gasteiger partial charge in [-0.05, 0) is 44.7 Å². The van der Waals surface area contributed by atoms with E-state index in [9.17, 15) is 14.4 Å². The Bertz CT molecular complexity index is 726. The number of benzene rings is 1. The number of nitrogens with zero attached hydrogens (tertiary/aromatic N) is 1. The first kappa shape index (κ1) is 17.2. The van der Waals surface area contributed by atoms with Crippen molar-refractivity contribution in [1.29, 1.82) is 0 Å². The summed E-state index contributed by atoms with van der Waals surface area (Å²) in [7, 11) is 0. The van der Waals surface area contributed by atoms with Gasteiger partial charge < -0.3 is 5.32 Å². The van der Waals surface area contributed by atoms with E-state index in [1.807, 2.05) is 6.92 Å². The number of anilines is 1. The van der Waals surface area contributed by atoms with Crippen LogP contribution < -0.4 is 15.5 Å². The molecular formula is C19H23N3O3. The molecule has 1 aliphatic carbocycles. The SMILES string of the molecule is CC(NC(=O)c1ccccc1N1CCC(=O)NC1=O)C1=CCCCC1. The Morgan fingerprint density at radius 2 is 2.00 bits per heavy atom. The average molecular weight is 341 g/mol. The van der Waals surface area contributed by atoms with E-state index in [0.717, 1.165) is 19.3 Å². The van der Waals surface area contributed by atoms with Crippen LogP contribution in [0.15, 0.2) is 35.9 Å². The van der Waals surface area contributed by atoms with Gasteiger partial charge in [-0.25, -0.2) is 4.79 Å². The minimum atomic E-state index is -0.487. The lowest BCUT2D eigenvalue weighted by Gasteiger charge is -2.28. The molecule has 25 heavy (non-hydrogen) atoms. The molecule has 2 N–H and O–H groups in total. The molecule has 1 aliphatic heterocycles. The lowest BCUT2D eigenvalue weighted by atomic mass is 9.94. The molecule has 0 saturated carbocycles. The van der Waals surface area contributed by atoms with Crippen LogP contribution in [0.1, 0.15) is 49.4 Å². The Labute approximate surface area is 147 Å². The smallest absolute Gasteiger partial charge is 0.328 e. The Morgan fingerprint density at radius 3 is 2.72 bits per heavy atom. The molecule has 3 rings (SSSR count). The predicted octanol–water partition coefficient (Wildman–Crippen LogP) is 2.75. The third-order valence-corrected chi connectivity index (χ3v) is 4.72. The summed E-state index contributed by atoms with van der Waals surface area (Å²) in [5, 5.41) is 5.33. The molecule has 1 fully saturated rings. The molecule has 1 saturated heterocycles. The number of carbonyl (C=O) groups excluding carboxylic acids is 3. The fourth-order valence-electron chi connectivity index (χ4n) is 3.32. The number of rotatable bonds is 4. The highest BCUT2D eigenvalue weighted by Crippen LogP contribution is 2.24. The molecule has 2 aliphatic rings. The molecule has 0 radical (unpaired) electrons. The summed E-state index contributed by atoms with van der Waals surface area (Å²) in [5.74, 6) is -0.500. The van der Waals surface area contributed by atoms with E-state index in [2.05, 4.69) is 16.7 Å². The molecule has 1 aromatic carbocycles. The Balaban J connectivity index is 1.78. The van der Waals surface area contributed by atoms with E-state index in [1.165, 1.54) is 16.9 Å². The zero-order valence-corrected chi connectivity index (χ0v) is 14.4. The summed E-state index contributed by atoms with van der Waals surface area (Å²) in [5.41, 5.74) is 2.23. The maximum absolute atomic E-state index is 12.8. The number of hydrogen-bond acceptors (Lipinski definition) is 3. The van der Waals surface area contributed by atoms with Gasteiger partial charge in [-0.1, -0.05) is 23.8 Å². The van der Waals surface area contributed by atoms with Crippen molar-refractivity contribution < 1.29 is 14.4 Å². The largest absolute Gasteiger partial charge is 0.346 e. The molecule has 1 aromatic rings. The summed E-state index contributed by atoms with van der Waals surface area (Å²) < 4.78 is 0. The molecule has 0 spiro atoms. The zero-order chi connectivity index (χ0) is 17.8. The molecule has 132 valence electrons. The summed E-state index contributed by atoms with van der Waals surface area (Å²) in [4.78, 5) is 37.7. The molecular weight excluding hydrogens is 318 g/mol. The molecule has 4 amide bonds. The first-order chi connectivity index (χ1) is 12.1. The third-order valence-electron chi connectivity index (χ3n) is 4.72. The highest BCUT2D eigenvalue weighted by atomic mass is 16.2. The van der Waals surface area contributed by atoms with Gasteiger partial charge in [0, 0.05) is 19.0 Å². The molecule has 1 heterocycles. The Morgan fingerprint density at radius 1 is 1.20 bits per heavy atom. The molecule has 1 unspecified atom stereocenters. The van der Waals surface area contributed by atoms with Crippen molar-refractivity contribution in [1.82, 2.24) is 10.6 Å². The summed E-state index contributed by atoms with van der Waals surface area (Å²) in [6.07, 6.45) is 6.88. The highest BCUT2D eigenvalue weighted by molar-refractivity contribution is 6.09. The zero-order valence-electron chi connectivity index (χ0n) is 14.4. The normalized spacial score (nSPS) is 19.1. The van der Waals surface area contributed by atoms with Crippen molar-refractivity contribution in [2.75, 3.05) is 11.4 Å². The molecule has 0 bridgehead atoms. The second kappa shape index (κ2) is 7.51. The second-order valence-corrected chi connectivity index (χ2v) is 6.49. The maximum Gasteiger partial charge on any atom is 0.328 e. The van der Waals surface area contributed by atoms with Crippen LogP contribution in [0.3, 0.4) is 0 Å². The quantitative estimate of drug-likeness (QED) is 0.827. The monoisotopic (exact) mass is 341 g/mol. The van der Waals surface area contributed by atoms with E-state index < -0.39 is 6.03 Å². The molecule has 0 aromatic heterocycles. The van der Waals surface area contributed by atoms with Gasteiger partial charge in [0.1, 0.15) is 0 Å². The van der Waals surface area contributed by atoms with Gasteiger partial charge in [0.15, 0.2) is 0 Å². The van der Waals surface area contributed by atoms with E-state index in [1.54, 1.807) is 24.3 Å². The van der Waals surface area contributed by atoms with Crippen LogP contribution in [0, 0.1) is 0 Å². The number of nitrogens with one attached hydrogen (secondary N) is 2. The predicted molar refractivity (Wildman–Crippen MR) is 95.4 cm³/mol. The number of imide groups is 1. The average Bonchev–Trinajstić information content (AvgIpc) is 2.62. The van der Waals surface area contributed by atoms with Gasteiger partial charge in [0.05, 0.1) is 11.3 Å². The van der Waals surface area contributed by atoms with E-state index in [4.69, 9.17) is 0 Å². The van der Waals surface area contributed by atoms with E-state index >= 15 is 0 Å². The van der Waals surface area contributed by atoms with Crippen molar-refractivity contribution in [2.24, 2.45) is 0 Å². The van der Waals surface area contributed by atoms with E-state index in [-0.39, 0.29) is 30.8 Å². The Hall–Kier alpha value is -2.63. The van der Waals surface area contributed by atoms with Crippen LogP contribution in [-0.4, -0.2) is 30.4 Å². The lowest BCUT2D eigenvalue weighted by molar-refractivity contribution is -0.120. The molecule has 6 nitrogen and oxygen atoms in total. The maximum atomic E-state index is 12.8. The van der Waals surface area contributed by atoms with Crippen LogP contribution in [-0.2, 0) is 4.79 Å². The number of allylic oxidation sites excluding steroid dienone is 1. The van der Waals surface area contributed by atoms with Crippen molar-refractivity contribution in [3.8, 4) is 0 Å². The third kappa shape index (κ3) is 3.90. The van der Waals surface area contributed by atoms with Gasteiger partial charge in [0.2, 0.25) is 5.91 Å². The fourth-order valence-corrected chi connectivity index (χ4v) is 3.32. The summed E-state index contributed by atoms with van der Waals surface area (Å²) in [6.45, 7) is 2.26. The highest BCUT2D eigenvalue weighted by Gasteiger charge is 2.27. The summed E-state index contributed by atoms with van der Waals surface area (Å²) in [6, 6.07) is 6.47. The number of amides is 4.